The van der Waals surface area contributed by atoms with Gasteiger partial charge in [0.15, 0.2) is 5.78 Å². The van der Waals surface area contributed by atoms with Gasteiger partial charge in [0.25, 0.3) is 0 Å². The summed E-state index contributed by atoms with van der Waals surface area (Å²) in [4.78, 5) is 24.7. The lowest BCUT2D eigenvalue weighted by Gasteiger charge is -2.18. The Morgan fingerprint density at radius 3 is 2.21 bits per heavy atom. The van der Waals surface area contributed by atoms with Crippen LogP contribution in [0.15, 0.2) is 48.2 Å². The fourth-order valence-corrected chi connectivity index (χ4v) is 2.51. The van der Waals surface area contributed by atoms with E-state index < -0.39 is 11.6 Å². The van der Waals surface area contributed by atoms with Crippen LogP contribution in [0.4, 0.5) is 5.69 Å². The third-order valence-electron chi connectivity index (χ3n) is 3.60. The van der Waals surface area contributed by atoms with Gasteiger partial charge in [0.1, 0.15) is 17.2 Å². The Morgan fingerprint density at radius 2 is 1.58 bits per heavy atom. The first-order valence-corrected chi connectivity index (χ1v) is 7.36. The summed E-state index contributed by atoms with van der Waals surface area (Å²) in [5.41, 5.74) is 0.236. The van der Waals surface area contributed by atoms with Gasteiger partial charge in [0.05, 0.1) is 23.4 Å². The van der Waals surface area contributed by atoms with Gasteiger partial charge in [-0.15, -0.1) is 0 Å². The number of hydrogen-bond acceptors (Lipinski definition) is 6. The Hall–Kier alpha value is -3.28. The number of phenols is 2. The minimum Gasteiger partial charge on any atom is -0.507 e. The molecule has 3 N–H and O–H groups in total. The van der Waals surface area contributed by atoms with E-state index in [1.165, 1.54) is 12.1 Å². The zero-order chi connectivity index (χ0) is 17.3. The molecular formula is C18H15NO5. The number of allylic oxidation sites excluding steroid dienone is 2. The molecule has 0 saturated heterocycles. The van der Waals surface area contributed by atoms with Crippen molar-refractivity contribution < 1.29 is 24.5 Å². The Kier molecular flexibility index (Phi) is 3.95. The molecule has 2 aromatic carbocycles. The predicted octanol–water partition coefficient (Wildman–Crippen LogP) is 2.87. The molecule has 0 atom stereocenters. The van der Waals surface area contributed by atoms with Gasteiger partial charge >= 0.3 is 0 Å². The number of carbonyl (C=O) groups excluding carboxylic acids is 2. The van der Waals surface area contributed by atoms with E-state index in [-0.39, 0.29) is 28.3 Å². The highest BCUT2D eigenvalue weighted by atomic mass is 16.5. The van der Waals surface area contributed by atoms with E-state index in [0.717, 1.165) is 6.08 Å². The van der Waals surface area contributed by atoms with Gasteiger partial charge in [0.2, 0.25) is 5.78 Å². The number of nitrogens with one attached hydrogen (secondary N) is 1. The summed E-state index contributed by atoms with van der Waals surface area (Å²) >= 11 is 0. The highest BCUT2D eigenvalue weighted by Gasteiger charge is 2.31. The lowest BCUT2D eigenvalue weighted by Crippen LogP contribution is -2.21. The normalized spacial score (nSPS) is 13.3. The third kappa shape index (κ3) is 2.69. The number of benzene rings is 2. The van der Waals surface area contributed by atoms with E-state index in [1.54, 1.807) is 24.3 Å². The van der Waals surface area contributed by atoms with Gasteiger partial charge in [-0.2, -0.15) is 0 Å². The van der Waals surface area contributed by atoms with Gasteiger partial charge < -0.3 is 20.3 Å². The van der Waals surface area contributed by atoms with Crippen molar-refractivity contribution >= 4 is 17.3 Å². The molecule has 0 unspecified atom stereocenters. The fourth-order valence-electron chi connectivity index (χ4n) is 2.51. The van der Waals surface area contributed by atoms with Crippen molar-refractivity contribution in [3.8, 4) is 17.2 Å². The first-order valence-electron chi connectivity index (χ1n) is 7.36. The predicted molar refractivity (Wildman–Crippen MR) is 87.7 cm³/mol. The zero-order valence-corrected chi connectivity index (χ0v) is 12.9. The summed E-state index contributed by atoms with van der Waals surface area (Å²) in [5, 5.41) is 22.5. The van der Waals surface area contributed by atoms with Crippen molar-refractivity contribution in [3.63, 3.8) is 0 Å². The summed E-state index contributed by atoms with van der Waals surface area (Å²) in [6.45, 7) is 2.42. The molecule has 0 saturated carbocycles. The van der Waals surface area contributed by atoms with Gasteiger partial charge in [-0.3, -0.25) is 9.59 Å². The number of anilines is 1. The van der Waals surface area contributed by atoms with Crippen molar-refractivity contribution in [1.82, 2.24) is 0 Å². The largest absolute Gasteiger partial charge is 0.507 e. The topological polar surface area (TPSA) is 95.9 Å². The van der Waals surface area contributed by atoms with Crippen LogP contribution < -0.4 is 10.1 Å². The maximum absolute atomic E-state index is 12.5. The molecule has 1 aliphatic rings. The summed E-state index contributed by atoms with van der Waals surface area (Å²) < 4.78 is 5.34. The lowest BCUT2D eigenvalue weighted by molar-refractivity contribution is 0.0980. The lowest BCUT2D eigenvalue weighted by atomic mass is 9.91. The highest BCUT2D eigenvalue weighted by Crippen LogP contribution is 2.34. The van der Waals surface area contributed by atoms with Crippen LogP contribution in [0.2, 0.25) is 0 Å². The van der Waals surface area contributed by atoms with Gasteiger partial charge in [0, 0.05) is 11.8 Å². The van der Waals surface area contributed by atoms with Gasteiger partial charge in [-0.25, -0.2) is 0 Å². The molecule has 6 heteroatoms. The first kappa shape index (κ1) is 15.6. The third-order valence-corrected chi connectivity index (χ3v) is 3.60. The van der Waals surface area contributed by atoms with E-state index in [2.05, 4.69) is 5.32 Å². The number of ketones is 2. The van der Waals surface area contributed by atoms with Crippen LogP contribution in [-0.2, 0) is 0 Å². The van der Waals surface area contributed by atoms with Crippen molar-refractivity contribution in [2.24, 2.45) is 0 Å². The molecule has 0 heterocycles. The van der Waals surface area contributed by atoms with Crippen LogP contribution in [0.3, 0.4) is 0 Å². The van der Waals surface area contributed by atoms with E-state index in [1.807, 2.05) is 6.92 Å². The summed E-state index contributed by atoms with van der Waals surface area (Å²) in [6, 6.07) is 9.25. The number of hydrogen-bond donors (Lipinski definition) is 3. The Bertz CT molecular complexity index is 852. The molecule has 3 rings (SSSR count). The van der Waals surface area contributed by atoms with Crippen LogP contribution in [-0.4, -0.2) is 28.4 Å². The van der Waals surface area contributed by atoms with Crippen molar-refractivity contribution in [3.05, 3.63) is 59.3 Å². The van der Waals surface area contributed by atoms with Gasteiger partial charge in [-0.1, -0.05) is 0 Å². The van der Waals surface area contributed by atoms with Crippen molar-refractivity contribution in [2.45, 2.75) is 6.92 Å². The molecule has 0 aliphatic heterocycles. The minimum absolute atomic E-state index is 0.0255. The molecule has 0 spiro atoms. The molecule has 6 nitrogen and oxygen atoms in total. The number of aromatic hydroxyl groups is 2. The van der Waals surface area contributed by atoms with Crippen molar-refractivity contribution in [2.75, 3.05) is 11.9 Å². The van der Waals surface area contributed by atoms with E-state index in [0.29, 0.717) is 18.0 Å². The Balaban J connectivity index is 1.92. The van der Waals surface area contributed by atoms with Crippen LogP contribution >= 0.6 is 0 Å². The van der Waals surface area contributed by atoms with Crippen LogP contribution in [0.25, 0.3) is 0 Å². The van der Waals surface area contributed by atoms with E-state index >= 15 is 0 Å². The molecule has 0 aromatic heterocycles. The number of fused-ring (bicyclic) bond motifs is 1. The maximum atomic E-state index is 12.5. The molecule has 0 radical (unpaired) electrons. The standard InChI is InChI=1S/C18H15NO5/c1-2-24-11-5-3-10(4-6-11)19-12-9-15(22)16-13(20)7-8-14(21)17(16)18(12)23/h3-9,19-21H,2H2,1H3. The maximum Gasteiger partial charge on any atom is 0.213 e. The smallest absolute Gasteiger partial charge is 0.213 e. The van der Waals surface area contributed by atoms with E-state index in [9.17, 15) is 19.8 Å². The number of Topliss-reactive ketones (excluding diaryl/α,β-unsaturated/α-hetero) is 1. The molecule has 2 aromatic rings. The van der Waals surface area contributed by atoms with Crippen LogP contribution in [0, 0.1) is 0 Å². The average molecular weight is 325 g/mol. The SMILES string of the molecule is CCOc1ccc(NC2=CC(=O)c3c(O)ccc(O)c3C2=O)cc1. The van der Waals surface area contributed by atoms with Crippen LogP contribution in [0.1, 0.15) is 27.6 Å². The minimum atomic E-state index is -0.563. The van der Waals surface area contributed by atoms with Crippen molar-refractivity contribution in [1.29, 1.82) is 0 Å². The van der Waals surface area contributed by atoms with Gasteiger partial charge in [-0.05, 0) is 43.3 Å². The monoisotopic (exact) mass is 325 g/mol. The highest BCUT2D eigenvalue weighted by molar-refractivity contribution is 6.27. The molecule has 0 amide bonds. The fraction of sp³-hybridized carbons (Fsp3) is 0.111. The second-order valence-corrected chi connectivity index (χ2v) is 5.19. The second-order valence-electron chi connectivity index (χ2n) is 5.19. The molecule has 24 heavy (non-hydrogen) atoms. The summed E-state index contributed by atoms with van der Waals surface area (Å²) in [6.07, 6.45) is 1.11. The Labute approximate surface area is 138 Å². The number of carbonyl (C=O) groups is 2. The Morgan fingerprint density at radius 1 is 0.958 bits per heavy atom. The van der Waals surface area contributed by atoms with E-state index in [4.69, 9.17) is 4.74 Å². The van der Waals surface area contributed by atoms with Crippen LogP contribution in [0.5, 0.6) is 17.2 Å². The number of rotatable bonds is 4. The molecular weight excluding hydrogens is 310 g/mol. The molecule has 0 fully saturated rings. The molecule has 122 valence electrons. The first-order chi connectivity index (χ1) is 11.5. The summed E-state index contributed by atoms with van der Waals surface area (Å²) in [7, 11) is 0. The molecule has 0 bridgehead atoms. The quantitative estimate of drug-likeness (QED) is 0.748. The average Bonchev–Trinajstić information content (AvgIpc) is 2.56. The summed E-state index contributed by atoms with van der Waals surface area (Å²) in [5.74, 6) is -1.10. The number of ether oxygens (including phenoxy) is 1. The second kappa shape index (κ2) is 6.08. The molecule has 1 aliphatic carbocycles. The number of phenolic OH excluding ortho intramolecular Hbond substituents is 2. The zero-order valence-electron chi connectivity index (χ0n) is 12.9.